The zero-order valence-corrected chi connectivity index (χ0v) is 12.2. The Hall–Kier alpha value is -0.910. The quantitative estimate of drug-likeness (QED) is 0.858. The van der Waals surface area contributed by atoms with E-state index in [9.17, 15) is 0 Å². The fraction of sp³-hybridized carbons (Fsp3) is 0.500. The van der Waals surface area contributed by atoms with Crippen molar-refractivity contribution in [2.45, 2.75) is 19.9 Å². The Bertz CT molecular complexity index is 543. The van der Waals surface area contributed by atoms with E-state index in [2.05, 4.69) is 29.1 Å². The Morgan fingerprint density at radius 3 is 2.89 bits per heavy atom. The molecule has 0 aliphatic carbocycles. The van der Waals surface area contributed by atoms with Crippen LogP contribution in [0.1, 0.15) is 10.4 Å². The molecule has 0 saturated heterocycles. The number of hydrogen-bond donors (Lipinski definition) is 1. The molecule has 0 aliphatic heterocycles. The lowest BCUT2D eigenvalue weighted by Crippen LogP contribution is -2.27. The van der Waals surface area contributed by atoms with Crippen LogP contribution >= 0.6 is 22.9 Å². The summed E-state index contributed by atoms with van der Waals surface area (Å²) in [5.74, 6) is 1.31. The maximum absolute atomic E-state index is 5.91. The van der Waals surface area contributed by atoms with Gasteiger partial charge >= 0.3 is 0 Å². The first kappa shape index (κ1) is 13.5. The van der Waals surface area contributed by atoms with Gasteiger partial charge < -0.3 is 10.1 Å². The molecule has 0 aliphatic rings. The standard InChI is InChI=1S/C12H16ClN3OS/c1-7-8(2)18-12-10(7)11(14-6-15-12)16-9(4-13)5-17-3/h6,9H,4-5H2,1-3H3,(H,14,15,16). The summed E-state index contributed by atoms with van der Waals surface area (Å²) < 4.78 is 5.13. The van der Waals surface area contributed by atoms with E-state index in [1.54, 1.807) is 24.8 Å². The molecule has 0 fully saturated rings. The van der Waals surface area contributed by atoms with E-state index in [1.807, 2.05) is 0 Å². The number of thiophene rings is 1. The number of methoxy groups -OCH3 is 1. The highest BCUT2D eigenvalue weighted by Crippen LogP contribution is 2.32. The van der Waals surface area contributed by atoms with Crippen molar-refractivity contribution < 1.29 is 4.74 Å². The van der Waals surface area contributed by atoms with Crippen LogP contribution in [0.15, 0.2) is 6.33 Å². The van der Waals surface area contributed by atoms with Gasteiger partial charge in [0.1, 0.15) is 17.0 Å². The summed E-state index contributed by atoms with van der Waals surface area (Å²) in [4.78, 5) is 10.9. The van der Waals surface area contributed by atoms with Crippen molar-refractivity contribution in [1.29, 1.82) is 0 Å². The summed E-state index contributed by atoms with van der Waals surface area (Å²) in [7, 11) is 1.66. The fourth-order valence-electron chi connectivity index (χ4n) is 1.81. The number of fused-ring (bicyclic) bond motifs is 1. The first-order chi connectivity index (χ1) is 8.67. The van der Waals surface area contributed by atoms with Crippen molar-refractivity contribution >= 4 is 39.0 Å². The second kappa shape index (κ2) is 5.82. The lowest BCUT2D eigenvalue weighted by Gasteiger charge is -2.16. The van der Waals surface area contributed by atoms with Crippen LogP contribution in [0.3, 0.4) is 0 Å². The highest BCUT2D eigenvalue weighted by molar-refractivity contribution is 7.18. The first-order valence-electron chi connectivity index (χ1n) is 5.69. The number of ether oxygens (including phenoxy) is 1. The number of alkyl halides is 1. The zero-order chi connectivity index (χ0) is 13.1. The van der Waals surface area contributed by atoms with Crippen molar-refractivity contribution in [3.63, 3.8) is 0 Å². The third kappa shape index (κ3) is 2.58. The lowest BCUT2D eigenvalue weighted by molar-refractivity contribution is 0.191. The smallest absolute Gasteiger partial charge is 0.138 e. The monoisotopic (exact) mass is 285 g/mol. The van der Waals surface area contributed by atoms with E-state index in [1.165, 1.54) is 10.4 Å². The van der Waals surface area contributed by atoms with E-state index in [0.717, 1.165) is 16.0 Å². The Balaban J connectivity index is 2.38. The molecule has 0 saturated carbocycles. The van der Waals surface area contributed by atoms with Crippen LogP contribution < -0.4 is 5.32 Å². The van der Waals surface area contributed by atoms with Crippen LogP contribution in [0.25, 0.3) is 10.2 Å². The highest BCUT2D eigenvalue weighted by Gasteiger charge is 2.14. The third-order valence-corrected chi connectivity index (χ3v) is 4.35. The summed E-state index contributed by atoms with van der Waals surface area (Å²) >= 11 is 7.59. The minimum atomic E-state index is 0.0503. The largest absolute Gasteiger partial charge is 0.383 e. The van der Waals surface area contributed by atoms with Crippen molar-refractivity contribution in [2.24, 2.45) is 0 Å². The molecule has 6 heteroatoms. The van der Waals surface area contributed by atoms with Crippen molar-refractivity contribution in [2.75, 3.05) is 24.9 Å². The van der Waals surface area contributed by atoms with Crippen LogP contribution in [0.2, 0.25) is 0 Å². The van der Waals surface area contributed by atoms with Crippen LogP contribution in [-0.4, -0.2) is 35.6 Å². The fourth-order valence-corrected chi connectivity index (χ4v) is 2.97. The topological polar surface area (TPSA) is 47.0 Å². The van der Waals surface area contributed by atoms with Crippen LogP contribution in [0.4, 0.5) is 5.82 Å². The molecule has 2 rings (SSSR count). The summed E-state index contributed by atoms with van der Waals surface area (Å²) in [6.07, 6.45) is 1.58. The van der Waals surface area contributed by atoms with Gasteiger partial charge in [0.25, 0.3) is 0 Å². The van der Waals surface area contributed by atoms with Crippen LogP contribution in [0, 0.1) is 13.8 Å². The zero-order valence-electron chi connectivity index (χ0n) is 10.7. The molecule has 18 heavy (non-hydrogen) atoms. The van der Waals surface area contributed by atoms with Crippen LogP contribution in [0.5, 0.6) is 0 Å². The van der Waals surface area contributed by atoms with Gasteiger partial charge in [0.05, 0.1) is 18.0 Å². The molecule has 2 aromatic rings. The minimum absolute atomic E-state index is 0.0503. The molecule has 0 amide bonds. The van der Waals surface area contributed by atoms with Gasteiger partial charge in [-0.25, -0.2) is 9.97 Å². The number of halogens is 1. The number of aromatic nitrogens is 2. The molecular formula is C12H16ClN3OS. The van der Waals surface area contributed by atoms with Gasteiger partial charge in [-0.3, -0.25) is 0 Å². The predicted octanol–water partition coefficient (Wildman–Crippen LogP) is 2.97. The van der Waals surface area contributed by atoms with Gasteiger partial charge in [-0.15, -0.1) is 22.9 Å². The summed E-state index contributed by atoms with van der Waals surface area (Å²) in [6, 6.07) is 0.0503. The number of rotatable bonds is 5. The Morgan fingerprint density at radius 1 is 1.44 bits per heavy atom. The average molecular weight is 286 g/mol. The normalized spacial score (nSPS) is 12.9. The molecule has 2 heterocycles. The van der Waals surface area contributed by atoms with Crippen molar-refractivity contribution in [1.82, 2.24) is 9.97 Å². The number of nitrogens with one attached hydrogen (secondary N) is 1. The van der Waals surface area contributed by atoms with E-state index in [4.69, 9.17) is 16.3 Å². The molecule has 1 N–H and O–H groups in total. The molecule has 4 nitrogen and oxygen atoms in total. The lowest BCUT2D eigenvalue weighted by atomic mass is 10.2. The third-order valence-electron chi connectivity index (χ3n) is 2.86. The Kier molecular flexibility index (Phi) is 4.37. The maximum atomic E-state index is 5.91. The van der Waals surface area contributed by atoms with E-state index in [-0.39, 0.29) is 6.04 Å². The number of aryl methyl sites for hydroxylation is 2. The molecule has 0 bridgehead atoms. The average Bonchev–Trinajstić information content (AvgIpc) is 2.65. The predicted molar refractivity (Wildman–Crippen MR) is 76.9 cm³/mol. The van der Waals surface area contributed by atoms with Gasteiger partial charge in [0.15, 0.2) is 0 Å². The van der Waals surface area contributed by atoms with Gasteiger partial charge in [0, 0.05) is 17.9 Å². The van der Waals surface area contributed by atoms with E-state index in [0.29, 0.717) is 12.5 Å². The maximum Gasteiger partial charge on any atom is 0.138 e. The van der Waals surface area contributed by atoms with Gasteiger partial charge in [-0.1, -0.05) is 0 Å². The van der Waals surface area contributed by atoms with Gasteiger partial charge in [-0.2, -0.15) is 0 Å². The van der Waals surface area contributed by atoms with Gasteiger partial charge in [0.2, 0.25) is 0 Å². The molecule has 1 atom stereocenters. The molecular weight excluding hydrogens is 270 g/mol. The van der Waals surface area contributed by atoms with Crippen molar-refractivity contribution in [3.05, 3.63) is 16.8 Å². The molecule has 98 valence electrons. The summed E-state index contributed by atoms with van der Waals surface area (Å²) in [6.45, 7) is 4.74. The first-order valence-corrected chi connectivity index (χ1v) is 7.04. The highest BCUT2D eigenvalue weighted by atomic mass is 35.5. The Morgan fingerprint density at radius 2 is 2.22 bits per heavy atom. The van der Waals surface area contributed by atoms with Crippen LogP contribution in [-0.2, 0) is 4.74 Å². The minimum Gasteiger partial charge on any atom is -0.383 e. The van der Waals surface area contributed by atoms with Gasteiger partial charge in [-0.05, 0) is 19.4 Å². The number of anilines is 1. The van der Waals surface area contributed by atoms with E-state index >= 15 is 0 Å². The molecule has 0 radical (unpaired) electrons. The number of hydrogen-bond acceptors (Lipinski definition) is 5. The van der Waals surface area contributed by atoms with Crippen molar-refractivity contribution in [3.8, 4) is 0 Å². The number of nitrogens with zero attached hydrogens (tertiary/aromatic N) is 2. The second-order valence-corrected chi connectivity index (χ2v) is 5.65. The molecule has 1 unspecified atom stereocenters. The van der Waals surface area contributed by atoms with E-state index < -0.39 is 0 Å². The SMILES string of the molecule is COCC(CCl)Nc1ncnc2sc(C)c(C)c12. The molecule has 0 spiro atoms. The summed E-state index contributed by atoms with van der Waals surface area (Å²) in [5, 5.41) is 4.41. The molecule has 0 aromatic carbocycles. The molecule has 2 aromatic heterocycles. The summed E-state index contributed by atoms with van der Waals surface area (Å²) in [5.41, 5.74) is 1.23. The second-order valence-electron chi connectivity index (χ2n) is 4.14. The Labute approximate surface area is 115 Å².